The third kappa shape index (κ3) is 4.72. The van der Waals surface area contributed by atoms with Crippen molar-refractivity contribution in [2.45, 2.75) is 58.9 Å². The molecule has 1 amide bonds. The summed E-state index contributed by atoms with van der Waals surface area (Å²) in [7, 11) is 0. The van der Waals surface area contributed by atoms with Crippen LogP contribution in [0.1, 0.15) is 49.4 Å². The lowest BCUT2D eigenvalue weighted by Gasteiger charge is -2.09. The Balaban J connectivity index is 1.67. The Kier molecular flexibility index (Phi) is 5.57. The lowest BCUT2D eigenvalue weighted by molar-refractivity contribution is -0.117. The van der Waals surface area contributed by atoms with E-state index in [0.717, 1.165) is 54.8 Å². The fourth-order valence-corrected chi connectivity index (χ4v) is 3.89. The molecule has 0 unspecified atom stereocenters. The van der Waals surface area contributed by atoms with Gasteiger partial charge in [-0.15, -0.1) is 10.2 Å². The van der Waals surface area contributed by atoms with Crippen LogP contribution < -0.4 is 10.9 Å². The standard InChI is InChI=1S/C17H23N5O2S/c1-11(2)8-15-19-20-17(25-15)18-14(23)10-22-16(24)9-12-6-4-3-5-7-13(12)21-22/h9,11H,3-8,10H2,1-2H3,(H,18,20,23). The fourth-order valence-electron chi connectivity index (χ4n) is 2.92. The average molecular weight is 361 g/mol. The van der Waals surface area contributed by atoms with Crippen LogP contribution in [0.3, 0.4) is 0 Å². The minimum atomic E-state index is -0.310. The molecule has 8 heteroatoms. The first-order chi connectivity index (χ1) is 12.0. The number of amides is 1. The van der Waals surface area contributed by atoms with Crippen molar-refractivity contribution in [1.82, 2.24) is 20.0 Å². The van der Waals surface area contributed by atoms with Gasteiger partial charge in [0.2, 0.25) is 11.0 Å². The average Bonchev–Trinajstić information content (AvgIpc) is 2.83. The van der Waals surface area contributed by atoms with Crippen LogP contribution in [0.2, 0.25) is 0 Å². The maximum atomic E-state index is 12.2. The van der Waals surface area contributed by atoms with Gasteiger partial charge in [-0.1, -0.05) is 31.6 Å². The molecule has 0 radical (unpaired) electrons. The van der Waals surface area contributed by atoms with Gasteiger partial charge in [0.25, 0.3) is 5.56 Å². The van der Waals surface area contributed by atoms with Gasteiger partial charge in [0, 0.05) is 12.5 Å². The van der Waals surface area contributed by atoms with Crippen LogP contribution in [0.25, 0.3) is 0 Å². The molecular weight excluding hydrogens is 338 g/mol. The predicted octanol–water partition coefficient (Wildman–Crippen LogP) is 2.20. The molecule has 0 saturated carbocycles. The molecule has 0 bridgehead atoms. The van der Waals surface area contributed by atoms with Gasteiger partial charge in [0.1, 0.15) is 11.6 Å². The van der Waals surface area contributed by atoms with Gasteiger partial charge in [0.15, 0.2) is 0 Å². The Labute approximate surface area is 150 Å². The van der Waals surface area contributed by atoms with Gasteiger partial charge in [-0.25, -0.2) is 4.68 Å². The van der Waals surface area contributed by atoms with Crippen molar-refractivity contribution in [2.24, 2.45) is 5.92 Å². The lowest BCUT2D eigenvalue weighted by Crippen LogP contribution is -2.30. The molecule has 0 atom stereocenters. The number of hydrogen-bond donors (Lipinski definition) is 1. The van der Waals surface area contributed by atoms with Crippen molar-refractivity contribution >= 4 is 22.4 Å². The summed E-state index contributed by atoms with van der Waals surface area (Å²) in [5.41, 5.74) is 1.75. The van der Waals surface area contributed by atoms with Crippen molar-refractivity contribution in [3.8, 4) is 0 Å². The molecule has 25 heavy (non-hydrogen) atoms. The van der Waals surface area contributed by atoms with E-state index >= 15 is 0 Å². The number of rotatable bonds is 5. The van der Waals surface area contributed by atoms with E-state index in [4.69, 9.17) is 0 Å². The molecule has 1 aliphatic rings. The van der Waals surface area contributed by atoms with E-state index in [0.29, 0.717) is 11.0 Å². The third-order valence-corrected chi connectivity index (χ3v) is 4.97. The summed E-state index contributed by atoms with van der Waals surface area (Å²) in [4.78, 5) is 24.4. The van der Waals surface area contributed by atoms with Crippen molar-refractivity contribution in [3.63, 3.8) is 0 Å². The Morgan fingerprint density at radius 3 is 2.88 bits per heavy atom. The number of fused-ring (bicyclic) bond motifs is 1. The molecule has 0 saturated heterocycles. The van der Waals surface area contributed by atoms with E-state index in [1.165, 1.54) is 16.0 Å². The highest BCUT2D eigenvalue weighted by Gasteiger charge is 2.15. The quantitative estimate of drug-likeness (QED) is 0.825. The highest BCUT2D eigenvalue weighted by Crippen LogP contribution is 2.19. The second kappa shape index (κ2) is 7.86. The van der Waals surface area contributed by atoms with Crippen molar-refractivity contribution in [3.05, 3.63) is 32.7 Å². The first-order valence-electron chi connectivity index (χ1n) is 8.73. The zero-order valence-electron chi connectivity index (χ0n) is 14.6. The molecule has 1 N–H and O–H groups in total. The monoisotopic (exact) mass is 361 g/mol. The van der Waals surface area contributed by atoms with Crippen LogP contribution in [0.5, 0.6) is 0 Å². The molecule has 2 aromatic rings. The minimum Gasteiger partial charge on any atom is -0.299 e. The van der Waals surface area contributed by atoms with E-state index in [9.17, 15) is 9.59 Å². The van der Waals surface area contributed by atoms with Gasteiger partial charge in [0.05, 0.1) is 5.69 Å². The summed E-state index contributed by atoms with van der Waals surface area (Å²) >= 11 is 1.37. The minimum absolute atomic E-state index is 0.106. The Hall–Kier alpha value is -2.09. The molecule has 2 aromatic heterocycles. The van der Waals surface area contributed by atoms with Crippen LogP contribution >= 0.6 is 11.3 Å². The zero-order chi connectivity index (χ0) is 17.8. The lowest BCUT2D eigenvalue weighted by atomic mass is 10.1. The highest BCUT2D eigenvalue weighted by molar-refractivity contribution is 7.15. The smallest absolute Gasteiger partial charge is 0.267 e. The van der Waals surface area contributed by atoms with Gasteiger partial charge >= 0.3 is 0 Å². The maximum Gasteiger partial charge on any atom is 0.267 e. The molecular formula is C17H23N5O2S. The Morgan fingerprint density at radius 1 is 1.28 bits per heavy atom. The molecule has 0 aromatic carbocycles. The maximum absolute atomic E-state index is 12.2. The zero-order valence-corrected chi connectivity index (χ0v) is 15.4. The van der Waals surface area contributed by atoms with E-state index in [2.05, 4.69) is 34.5 Å². The van der Waals surface area contributed by atoms with E-state index in [-0.39, 0.29) is 18.0 Å². The molecule has 134 valence electrons. The largest absolute Gasteiger partial charge is 0.299 e. The number of anilines is 1. The number of carbonyl (C=O) groups is 1. The van der Waals surface area contributed by atoms with Crippen molar-refractivity contribution < 1.29 is 4.79 Å². The Morgan fingerprint density at radius 2 is 2.08 bits per heavy atom. The van der Waals surface area contributed by atoms with Gasteiger partial charge in [-0.05, 0) is 37.2 Å². The molecule has 0 spiro atoms. The van der Waals surface area contributed by atoms with Crippen LogP contribution in [-0.2, 0) is 30.6 Å². The second-order valence-electron chi connectivity index (χ2n) is 6.82. The van der Waals surface area contributed by atoms with Crippen LogP contribution in [0.4, 0.5) is 5.13 Å². The van der Waals surface area contributed by atoms with Gasteiger partial charge in [-0.2, -0.15) is 5.10 Å². The number of hydrogen-bond acceptors (Lipinski definition) is 6. The van der Waals surface area contributed by atoms with E-state index < -0.39 is 0 Å². The highest BCUT2D eigenvalue weighted by atomic mass is 32.1. The molecule has 7 nitrogen and oxygen atoms in total. The Bertz CT molecular complexity index is 812. The number of aryl methyl sites for hydroxylation is 2. The SMILES string of the molecule is CC(C)Cc1nnc(NC(=O)Cn2nc3c(cc2=O)CCCCC3)s1. The first-order valence-corrected chi connectivity index (χ1v) is 9.55. The number of nitrogens with one attached hydrogen (secondary N) is 1. The van der Waals surface area contributed by atoms with Crippen LogP contribution in [-0.4, -0.2) is 25.9 Å². The first kappa shape index (κ1) is 17.7. The summed E-state index contributed by atoms with van der Waals surface area (Å²) in [5.74, 6) is 0.175. The third-order valence-electron chi connectivity index (χ3n) is 4.11. The molecule has 3 rings (SSSR count). The van der Waals surface area contributed by atoms with Crippen molar-refractivity contribution in [1.29, 1.82) is 0 Å². The van der Waals surface area contributed by atoms with Gasteiger partial charge in [-0.3, -0.25) is 14.9 Å². The number of carbonyl (C=O) groups excluding carboxylic acids is 1. The van der Waals surface area contributed by atoms with E-state index in [1.54, 1.807) is 6.07 Å². The summed E-state index contributed by atoms with van der Waals surface area (Å²) in [6.07, 6.45) is 5.92. The van der Waals surface area contributed by atoms with Crippen molar-refractivity contribution in [2.75, 3.05) is 5.32 Å². The summed E-state index contributed by atoms with van der Waals surface area (Å²) < 4.78 is 1.25. The van der Waals surface area contributed by atoms with E-state index in [1.807, 2.05) is 0 Å². The predicted molar refractivity (Wildman–Crippen MR) is 96.8 cm³/mol. The molecule has 0 fully saturated rings. The topological polar surface area (TPSA) is 89.8 Å². The van der Waals surface area contributed by atoms with Crippen LogP contribution in [0, 0.1) is 5.92 Å². The summed E-state index contributed by atoms with van der Waals surface area (Å²) in [6, 6.07) is 1.63. The number of aromatic nitrogens is 4. The van der Waals surface area contributed by atoms with Gasteiger partial charge < -0.3 is 0 Å². The summed E-state index contributed by atoms with van der Waals surface area (Å²) in [5, 5.41) is 16.5. The second-order valence-corrected chi connectivity index (χ2v) is 7.88. The normalized spacial score (nSPS) is 14.2. The summed E-state index contributed by atoms with van der Waals surface area (Å²) in [6.45, 7) is 4.11. The molecule has 2 heterocycles. The molecule has 0 aliphatic heterocycles. The molecule has 1 aliphatic carbocycles. The fraction of sp³-hybridized carbons (Fsp3) is 0.588. The van der Waals surface area contributed by atoms with Crippen LogP contribution in [0.15, 0.2) is 10.9 Å². The number of nitrogens with zero attached hydrogens (tertiary/aromatic N) is 4.